The highest BCUT2D eigenvalue weighted by Crippen LogP contribution is 2.31. The van der Waals surface area contributed by atoms with Gasteiger partial charge in [-0.25, -0.2) is 0 Å². The Morgan fingerprint density at radius 3 is 2.44 bits per heavy atom. The van der Waals surface area contributed by atoms with E-state index >= 15 is 0 Å². The molecule has 3 nitrogen and oxygen atoms in total. The summed E-state index contributed by atoms with van der Waals surface area (Å²) in [7, 11) is 0. The lowest BCUT2D eigenvalue weighted by Gasteiger charge is -2.14. The number of nitrogens with zero attached hydrogens (tertiary/aromatic N) is 1. The summed E-state index contributed by atoms with van der Waals surface area (Å²) in [5.41, 5.74) is 1.18. The van der Waals surface area contributed by atoms with Gasteiger partial charge in [0.15, 0.2) is 0 Å². The number of carbonyl (C=O) groups excluding carboxylic acids is 1. The van der Waals surface area contributed by atoms with Crippen molar-refractivity contribution in [1.82, 2.24) is 4.90 Å². The second kappa shape index (κ2) is 8.80. The minimum atomic E-state index is -4.38. The first kappa shape index (κ1) is 19.8. The molecule has 1 aliphatic rings. The van der Waals surface area contributed by atoms with Crippen molar-refractivity contribution < 1.29 is 18.0 Å². The van der Waals surface area contributed by atoms with Crippen LogP contribution in [0.25, 0.3) is 0 Å². The van der Waals surface area contributed by atoms with Gasteiger partial charge in [0, 0.05) is 17.1 Å². The number of likely N-dealkylation sites (tertiary alicyclic amines) is 1. The molecule has 0 spiro atoms. The highest BCUT2D eigenvalue weighted by molar-refractivity contribution is 8.00. The van der Waals surface area contributed by atoms with Crippen LogP contribution in [-0.4, -0.2) is 29.6 Å². The lowest BCUT2D eigenvalue weighted by Crippen LogP contribution is -2.18. The Labute approximate surface area is 160 Å². The minimum Gasteiger partial charge on any atom is -0.325 e. The number of hydrogen-bond acceptors (Lipinski definition) is 3. The van der Waals surface area contributed by atoms with Gasteiger partial charge in [0.05, 0.1) is 11.3 Å². The number of carbonyl (C=O) groups is 1. The first-order chi connectivity index (χ1) is 12.9. The number of nitrogens with one attached hydrogen (secondary N) is 1. The molecule has 0 aliphatic carbocycles. The van der Waals surface area contributed by atoms with Crippen LogP contribution < -0.4 is 5.32 Å². The van der Waals surface area contributed by atoms with Gasteiger partial charge in [-0.05, 0) is 61.8 Å². The Morgan fingerprint density at radius 2 is 1.78 bits per heavy atom. The van der Waals surface area contributed by atoms with E-state index in [9.17, 15) is 18.0 Å². The first-order valence-electron chi connectivity index (χ1n) is 8.81. The van der Waals surface area contributed by atoms with Crippen molar-refractivity contribution in [2.75, 3.05) is 24.2 Å². The molecule has 7 heteroatoms. The Morgan fingerprint density at radius 1 is 1.07 bits per heavy atom. The zero-order valence-electron chi connectivity index (χ0n) is 14.8. The van der Waals surface area contributed by atoms with Gasteiger partial charge < -0.3 is 5.32 Å². The maximum absolute atomic E-state index is 12.7. The third-order valence-corrected chi connectivity index (χ3v) is 5.37. The van der Waals surface area contributed by atoms with E-state index in [1.165, 1.54) is 24.5 Å². The Kier molecular flexibility index (Phi) is 6.44. The van der Waals surface area contributed by atoms with Gasteiger partial charge in [-0.3, -0.25) is 9.69 Å². The van der Waals surface area contributed by atoms with Crippen molar-refractivity contribution in [2.45, 2.75) is 30.5 Å². The van der Waals surface area contributed by atoms with Crippen molar-refractivity contribution in [1.29, 1.82) is 0 Å². The Balaban J connectivity index is 1.49. The molecule has 0 bridgehead atoms. The van der Waals surface area contributed by atoms with Crippen LogP contribution in [0.5, 0.6) is 0 Å². The van der Waals surface area contributed by atoms with Crippen molar-refractivity contribution in [2.24, 2.45) is 0 Å². The summed E-state index contributed by atoms with van der Waals surface area (Å²) < 4.78 is 38.2. The number of benzene rings is 2. The van der Waals surface area contributed by atoms with E-state index in [1.807, 2.05) is 24.3 Å². The molecule has 2 aromatic carbocycles. The molecule has 0 unspecified atom stereocenters. The second-order valence-corrected chi connectivity index (χ2v) is 7.59. The molecule has 1 fully saturated rings. The smallest absolute Gasteiger partial charge is 0.325 e. The highest BCUT2D eigenvalue weighted by atomic mass is 32.2. The van der Waals surface area contributed by atoms with Gasteiger partial charge >= 0.3 is 6.18 Å². The number of alkyl halides is 3. The molecule has 3 rings (SSSR count). The van der Waals surface area contributed by atoms with Crippen molar-refractivity contribution in [3.05, 3.63) is 59.7 Å². The quantitative estimate of drug-likeness (QED) is 0.698. The lowest BCUT2D eigenvalue weighted by molar-refractivity contribution is -0.137. The standard InChI is InChI=1S/C20H21F3N2OS/c21-20(22,23)16-4-3-5-18(12-16)27-14-19(26)24-17-8-6-15(7-9-17)13-25-10-1-2-11-25/h3-9,12H,1-2,10-11,13-14H2,(H,24,26). The number of thioether (sulfide) groups is 1. The summed E-state index contributed by atoms with van der Waals surface area (Å²) >= 11 is 1.08. The van der Waals surface area contributed by atoms with Crippen LogP contribution in [-0.2, 0) is 17.5 Å². The number of anilines is 1. The SMILES string of the molecule is O=C(CSc1cccc(C(F)(F)F)c1)Nc1ccc(CN2CCCC2)cc1. The van der Waals surface area contributed by atoms with Crippen molar-refractivity contribution in [3.63, 3.8) is 0 Å². The normalized spacial score (nSPS) is 15.1. The van der Waals surface area contributed by atoms with E-state index in [0.29, 0.717) is 10.6 Å². The molecule has 1 saturated heterocycles. The monoisotopic (exact) mass is 394 g/mol. The zero-order chi connectivity index (χ0) is 19.3. The maximum atomic E-state index is 12.7. The van der Waals surface area contributed by atoms with Gasteiger partial charge in [-0.1, -0.05) is 18.2 Å². The molecule has 0 atom stereocenters. The molecular formula is C20H21F3N2OS. The fraction of sp³-hybridized carbons (Fsp3) is 0.350. The number of hydrogen-bond donors (Lipinski definition) is 1. The van der Waals surface area contributed by atoms with Crippen LogP contribution in [0.1, 0.15) is 24.0 Å². The van der Waals surface area contributed by atoms with Gasteiger partial charge in [-0.15, -0.1) is 11.8 Å². The van der Waals surface area contributed by atoms with Crippen LogP contribution in [0.15, 0.2) is 53.4 Å². The molecule has 27 heavy (non-hydrogen) atoms. The first-order valence-corrected chi connectivity index (χ1v) is 9.80. The van der Waals surface area contributed by atoms with E-state index < -0.39 is 11.7 Å². The van der Waals surface area contributed by atoms with Gasteiger partial charge in [-0.2, -0.15) is 13.2 Å². The van der Waals surface area contributed by atoms with E-state index in [1.54, 1.807) is 6.07 Å². The topological polar surface area (TPSA) is 32.3 Å². The molecule has 0 aromatic heterocycles. The van der Waals surface area contributed by atoms with E-state index in [0.717, 1.165) is 43.5 Å². The Hall–Kier alpha value is -1.99. The van der Waals surface area contributed by atoms with Crippen molar-refractivity contribution >= 4 is 23.4 Å². The second-order valence-electron chi connectivity index (χ2n) is 6.54. The highest BCUT2D eigenvalue weighted by Gasteiger charge is 2.30. The number of halogens is 3. The predicted molar refractivity (Wildman–Crippen MR) is 102 cm³/mol. The van der Waals surface area contributed by atoms with E-state index in [-0.39, 0.29) is 11.7 Å². The molecule has 144 valence electrons. The third-order valence-electron chi connectivity index (χ3n) is 4.37. The predicted octanol–water partition coefficient (Wildman–Crippen LogP) is 5.03. The third kappa shape index (κ3) is 6.01. The van der Waals surface area contributed by atoms with Gasteiger partial charge in [0.1, 0.15) is 0 Å². The summed E-state index contributed by atoms with van der Waals surface area (Å²) in [6.07, 6.45) is -1.88. The molecule has 0 radical (unpaired) electrons. The maximum Gasteiger partial charge on any atom is 0.416 e. The van der Waals surface area contributed by atoms with Crippen LogP contribution in [0, 0.1) is 0 Å². The molecule has 1 heterocycles. The summed E-state index contributed by atoms with van der Waals surface area (Å²) in [4.78, 5) is 14.9. The van der Waals surface area contributed by atoms with Crippen molar-refractivity contribution in [3.8, 4) is 0 Å². The minimum absolute atomic E-state index is 0.0524. The molecule has 0 saturated carbocycles. The molecular weight excluding hydrogens is 373 g/mol. The van der Waals surface area contributed by atoms with E-state index in [4.69, 9.17) is 0 Å². The van der Waals surface area contributed by atoms with Crippen LogP contribution in [0.4, 0.5) is 18.9 Å². The summed E-state index contributed by atoms with van der Waals surface area (Å²) in [5, 5.41) is 2.78. The van der Waals surface area contributed by atoms with Gasteiger partial charge in [0.25, 0.3) is 0 Å². The van der Waals surface area contributed by atoms with Crippen LogP contribution >= 0.6 is 11.8 Å². The Bertz CT molecular complexity index is 772. The van der Waals surface area contributed by atoms with Crippen LogP contribution in [0.2, 0.25) is 0 Å². The number of rotatable bonds is 6. The molecule has 1 aliphatic heterocycles. The lowest BCUT2D eigenvalue weighted by atomic mass is 10.2. The average molecular weight is 394 g/mol. The fourth-order valence-electron chi connectivity index (χ4n) is 3.00. The molecule has 1 amide bonds. The summed E-state index contributed by atoms with van der Waals surface area (Å²) in [6.45, 7) is 3.18. The average Bonchev–Trinajstić information content (AvgIpc) is 3.14. The number of amides is 1. The van der Waals surface area contributed by atoms with E-state index in [2.05, 4.69) is 10.2 Å². The molecule has 1 N–H and O–H groups in total. The zero-order valence-corrected chi connectivity index (χ0v) is 15.6. The fourth-order valence-corrected chi connectivity index (χ4v) is 3.76. The summed E-state index contributed by atoms with van der Waals surface area (Å²) in [6, 6.07) is 12.7. The summed E-state index contributed by atoms with van der Waals surface area (Å²) in [5.74, 6) is -0.193. The van der Waals surface area contributed by atoms with Gasteiger partial charge in [0.2, 0.25) is 5.91 Å². The largest absolute Gasteiger partial charge is 0.416 e. The molecule has 2 aromatic rings. The van der Waals surface area contributed by atoms with Crippen LogP contribution in [0.3, 0.4) is 0 Å².